The van der Waals surface area contributed by atoms with E-state index in [4.69, 9.17) is 27.9 Å². The fourth-order valence-electron chi connectivity index (χ4n) is 3.26. The van der Waals surface area contributed by atoms with Crippen molar-refractivity contribution in [3.8, 4) is 5.75 Å². The summed E-state index contributed by atoms with van der Waals surface area (Å²) < 4.78 is 45.2. The van der Waals surface area contributed by atoms with Gasteiger partial charge in [-0.1, -0.05) is 41.0 Å². The predicted octanol–water partition coefficient (Wildman–Crippen LogP) is 7.01. The highest BCUT2D eigenvalue weighted by molar-refractivity contribution is 8.04. The third kappa shape index (κ3) is 5.27. The molecule has 1 aliphatic heterocycles. The highest BCUT2D eigenvalue weighted by Crippen LogP contribution is 2.42. The first kappa shape index (κ1) is 25.0. The maximum absolute atomic E-state index is 13.4. The van der Waals surface area contributed by atoms with Crippen molar-refractivity contribution < 1.29 is 27.5 Å². The predicted molar refractivity (Wildman–Crippen MR) is 130 cm³/mol. The number of nitrogens with zero attached hydrogens (tertiary/aromatic N) is 1. The molecule has 0 fully saturated rings. The van der Waals surface area contributed by atoms with Crippen molar-refractivity contribution in [1.82, 2.24) is 0 Å². The van der Waals surface area contributed by atoms with Gasteiger partial charge in [0.15, 0.2) is 0 Å². The lowest BCUT2D eigenvalue weighted by molar-refractivity contribution is -0.137. The van der Waals surface area contributed by atoms with Crippen molar-refractivity contribution >= 4 is 58.2 Å². The van der Waals surface area contributed by atoms with Gasteiger partial charge in [-0.3, -0.25) is 9.59 Å². The molecule has 11 heteroatoms. The largest absolute Gasteiger partial charge is 0.497 e. The van der Waals surface area contributed by atoms with Crippen LogP contribution < -0.4 is 15.0 Å². The summed E-state index contributed by atoms with van der Waals surface area (Å²) in [6.07, 6.45) is -4.69. The molecular weight excluding hydrogens is 524 g/mol. The Hall–Kier alpha value is -3.14. The van der Waals surface area contributed by atoms with Crippen molar-refractivity contribution in [1.29, 1.82) is 0 Å². The Bertz CT molecular complexity index is 1340. The molecule has 1 aliphatic rings. The van der Waals surface area contributed by atoms with Gasteiger partial charge in [-0.25, -0.2) is 4.90 Å². The Kier molecular flexibility index (Phi) is 7.02. The third-order valence-corrected chi connectivity index (χ3v) is 6.59. The zero-order valence-corrected chi connectivity index (χ0v) is 20.1. The fourth-order valence-corrected chi connectivity index (χ4v) is 4.51. The van der Waals surface area contributed by atoms with Crippen LogP contribution in [0.25, 0.3) is 0 Å². The second-order valence-corrected chi connectivity index (χ2v) is 9.15. The molecule has 0 unspecified atom stereocenters. The first-order valence-electron chi connectivity index (χ1n) is 9.93. The molecule has 0 aliphatic carbocycles. The number of alkyl halides is 3. The summed E-state index contributed by atoms with van der Waals surface area (Å²) in [7, 11) is 1.47. The molecule has 1 N–H and O–H groups in total. The first-order chi connectivity index (χ1) is 16.6. The maximum Gasteiger partial charge on any atom is 0.416 e. The summed E-state index contributed by atoms with van der Waals surface area (Å²) >= 11 is 13.0. The van der Waals surface area contributed by atoms with Crippen LogP contribution in [-0.2, 0) is 15.8 Å². The van der Waals surface area contributed by atoms with Crippen molar-refractivity contribution in [2.75, 3.05) is 17.3 Å². The van der Waals surface area contributed by atoms with Crippen LogP contribution in [0, 0.1) is 0 Å². The van der Waals surface area contributed by atoms with Crippen LogP contribution in [-0.4, -0.2) is 18.9 Å². The van der Waals surface area contributed by atoms with E-state index in [0.29, 0.717) is 32.3 Å². The Labute approximate surface area is 212 Å². The molecule has 3 aromatic rings. The van der Waals surface area contributed by atoms with E-state index < -0.39 is 23.6 Å². The van der Waals surface area contributed by atoms with E-state index in [9.17, 15) is 22.8 Å². The Morgan fingerprint density at radius 1 is 0.943 bits per heavy atom. The van der Waals surface area contributed by atoms with E-state index in [1.54, 1.807) is 48.5 Å². The standard InChI is InChI=1S/C24H15Cl2F3N2O3S/c1-34-16-4-2-3-15(12-16)30-20-21(35-17-8-6-14(25)7-9-17)23(33)31(22(20)32)19-11-13(24(27,28)29)5-10-18(19)26/h2-12,30H,1H3. The van der Waals surface area contributed by atoms with Gasteiger partial charge < -0.3 is 10.1 Å². The number of rotatable bonds is 6. The summed E-state index contributed by atoms with van der Waals surface area (Å²) in [5, 5.41) is 3.21. The van der Waals surface area contributed by atoms with Gasteiger partial charge >= 0.3 is 6.18 Å². The van der Waals surface area contributed by atoms with Crippen LogP contribution in [0.1, 0.15) is 5.56 Å². The van der Waals surface area contributed by atoms with E-state index in [1.807, 2.05) is 0 Å². The van der Waals surface area contributed by atoms with E-state index >= 15 is 0 Å². The second kappa shape index (κ2) is 9.85. The Balaban J connectivity index is 1.79. The number of imide groups is 1. The molecule has 0 saturated carbocycles. The minimum Gasteiger partial charge on any atom is -0.497 e. The van der Waals surface area contributed by atoms with Gasteiger partial charge in [-0.05, 0) is 54.6 Å². The fraction of sp³-hybridized carbons (Fsp3) is 0.0833. The highest BCUT2D eigenvalue weighted by atomic mass is 35.5. The van der Waals surface area contributed by atoms with Gasteiger partial charge in [0, 0.05) is 21.7 Å². The first-order valence-corrected chi connectivity index (χ1v) is 11.5. The number of nitrogens with one attached hydrogen (secondary N) is 1. The number of amides is 2. The highest BCUT2D eigenvalue weighted by Gasteiger charge is 2.42. The number of hydrogen-bond acceptors (Lipinski definition) is 5. The molecule has 0 spiro atoms. The smallest absolute Gasteiger partial charge is 0.416 e. The van der Waals surface area contributed by atoms with E-state index in [1.165, 1.54) is 7.11 Å². The van der Waals surface area contributed by atoms with Crippen molar-refractivity contribution in [2.45, 2.75) is 11.1 Å². The molecular formula is C24H15Cl2F3N2O3S. The number of anilines is 2. The van der Waals surface area contributed by atoms with Gasteiger partial charge in [0.2, 0.25) is 0 Å². The zero-order chi connectivity index (χ0) is 25.3. The lowest BCUT2D eigenvalue weighted by atomic mass is 10.2. The summed E-state index contributed by atoms with van der Waals surface area (Å²) in [5.41, 5.74) is -1.09. The van der Waals surface area contributed by atoms with Gasteiger partial charge in [0.05, 0.1) is 23.4 Å². The number of carbonyl (C=O) groups is 2. The van der Waals surface area contributed by atoms with Crippen LogP contribution in [0.15, 0.2) is 82.2 Å². The molecule has 0 radical (unpaired) electrons. The SMILES string of the molecule is COc1cccc(NC2=C(Sc3ccc(Cl)cc3)C(=O)N(c3cc(C(F)(F)F)ccc3Cl)C2=O)c1. The van der Waals surface area contributed by atoms with Crippen LogP contribution in [0.2, 0.25) is 10.0 Å². The quantitative estimate of drug-likeness (QED) is 0.342. The third-order valence-electron chi connectivity index (χ3n) is 4.93. The number of thioether (sulfide) groups is 1. The normalized spacial score (nSPS) is 14.1. The number of carbonyl (C=O) groups excluding carboxylic acids is 2. The van der Waals surface area contributed by atoms with E-state index in [-0.39, 0.29) is 21.3 Å². The number of benzene rings is 3. The van der Waals surface area contributed by atoms with Gasteiger partial charge in [-0.2, -0.15) is 13.2 Å². The minimum atomic E-state index is -4.69. The van der Waals surface area contributed by atoms with Crippen molar-refractivity contribution in [3.63, 3.8) is 0 Å². The topological polar surface area (TPSA) is 58.6 Å². The molecule has 0 bridgehead atoms. The average molecular weight is 539 g/mol. The molecule has 35 heavy (non-hydrogen) atoms. The second-order valence-electron chi connectivity index (χ2n) is 7.23. The van der Waals surface area contributed by atoms with E-state index in [2.05, 4.69) is 5.32 Å². The molecule has 0 atom stereocenters. The summed E-state index contributed by atoms with van der Waals surface area (Å²) in [6.45, 7) is 0. The summed E-state index contributed by atoms with van der Waals surface area (Å²) in [5.74, 6) is -1.17. The number of ether oxygens (including phenoxy) is 1. The lowest BCUT2D eigenvalue weighted by Crippen LogP contribution is -2.33. The molecule has 4 rings (SSSR count). The molecule has 0 saturated heterocycles. The molecule has 1 heterocycles. The monoisotopic (exact) mass is 538 g/mol. The minimum absolute atomic E-state index is 0.0198. The van der Waals surface area contributed by atoms with Crippen LogP contribution in [0.4, 0.5) is 24.5 Å². The number of hydrogen-bond donors (Lipinski definition) is 1. The Morgan fingerprint density at radius 3 is 2.31 bits per heavy atom. The number of methoxy groups -OCH3 is 1. The molecule has 2 amide bonds. The van der Waals surface area contributed by atoms with Crippen molar-refractivity contribution in [2.24, 2.45) is 0 Å². The molecule has 3 aromatic carbocycles. The number of halogens is 5. The summed E-state index contributed by atoms with van der Waals surface area (Å²) in [4.78, 5) is 28.1. The van der Waals surface area contributed by atoms with Gasteiger partial charge in [-0.15, -0.1) is 0 Å². The zero-order valence-electron chi connectivity index (χ0n) is 17.8. The van der Waals surface area contributed by atoms with Crippen LogP contribution >= 0.6 is 35.0 Å². The Morgan fingerprint density at radius 2 is 1.66 bits per heavy atom. The van der Waals surface area contributed by atoms with Gasteiger partial charge in [0.25, 0.3) is 11.8 Å². The van der Waals surface area contributed by atoms with Gasteiger partial charge in [0.1, 0.15) is 16.4 Å². The van der Waals surface area contributed by atoms with Crippen molar-refractivity contribution in [3.05, 3.63) is 92.9 Å². The van der Waals surface area contributed by atoms with E-state index in [0.717, 1.165) is 23.9 Å². The van der Waals surface area contributed by atoms with Crippen LogP contribution in [0.3, 0.4) is 0 Å². The lowest BCUT2D eigenvalue weighted by Gasteiger charge is -2.18. The summed E-state index contributed by atoms with van der Waals surface area (Å²) in [6, 6.07) is 15.6. The molecule has 180 valence electrons. The van der Waals surface area contributed by atoms with Crippen LogP contribution in [0.5, 0.6) is 5.75 Å². The average Bonchev–Trinajstić information content (AvgIpc) is 3.04. The molecule has 0 aromatic heterocycles. The maximum atomic E-state index is 13.4. The molecule has 5 nitrogen and oxygen atoms in total.